The molecule has 3 heterocycles. The molecule has 3 aromatic rings. The molecule has 13 heteroatoms. The lowest BCUT2D eigenvalue weighted by atomic mass is 10.0. The predicted molar refractivity (Wildman–Crippen MR) is 156 cm³/mol. The average Bonchev–Trinajstić information content (AvgIpc) is 3.58. The standard InChI is InChI=1S/C29H35F3N8O2/c1-17-6-7-19(12-25(17)40-16-24(36-37-40)22-15-34-38(4)18(22)2)28(41)35-23-13-20(29(30,31)32)14-26(27(23)42-5)39-10-8-21(33-3)9-11-39/h6-7,12-16,21,33,36-37H,8-11H2,1-5H3,(H,35,41). The SMILES string of the molecule is CNC1CCN(c2cc(C(F)(F)F)cc(NC(=O)c3ccc(C)c(N4C=C(c5cnn(C)c5C)NN4)c3)c2OC)CC1. The topological polar surface area (TPSA) is 98.7 Å². The molecule has 0 bridgehead atoms. The van der Waals surface area contributed by atoms with Gasteiger partial charge in [0, 0.05) is 49.2 Å². The lowest BCUT2D eigenvalue weighted by Crippen LogP contribution is -2.41. The van der Waals surface area contributed by atoms with Crippen molar-refractivity contribution in [3.63, 3.8) is 0 Å². The molecule has 224 valence electrons. The zero-order valence-electron chi connectivity index (χ0n) is 24.2. The second-order valence-corrected chi connectivity index (χ2v) is 10.5. The molecule has 1 saturated heterocycles. The number of alkyl halides is 3. The van der Waals surface area contributed by atoms with E-state index in [2.05, 4.69) is 26.7 Å². The third-order valence-corrected chi connectivity index (χ3v) is 7.92. The smallest absolute Gasteiger partial charge is 0.416 e. The molecule has 10 nitrogen and oxygen atoms in total. The summed E-state index contributed by atoms with van der Waals surface area (Å²) in [5.41, 5.74) is 10.1. The molecule has 0 saturated carbocycles. The molecule has 2 aromatic carbocycles. The predicted octanol–water partition coefficient (Wildman–Crippen LogP) is 4.33. The number of anilines is 3. The van der Waals surface area contributed by atoms with Gasteiger partial charge in [0.1, 0.15) is 0 Å². The number of halogens is 3. The van der Waals surface area contributed by atoms with Gasteiger partial charge in [0.25, 0.3) is 5.91 Å². The van der Waals surface area contributed by atoms with Crippen LogP contribution in [0.15, 0.2) is 42.7 Å². The minimum Gasteiger partial charge on any atom is -0.492 e. The summed E-state index contributed by atoms with van der Waals surface area (Å²) in [6.45, 7) is 4.98. The molecule has 0 spiro atoms. The van der Waals surface area contributed by atoms with E-state index in [0.29, 0.717) is 30.5 Å². The molecule has 2 aliphatic heterocycles. The number of carbonyl (C=O) groups excluding carboxylic acids is 1. The Hall–Kier alpha value is -4.23. The molecule has 1 aromatic heterocycles. The van der Waals surface area contributed by atoms with Gasteiger partial charge in [0.05, 0.1) is 41.6 Å². The molecular weight excluding hydrogens is 549 g/mol. The van der Waals surface area contributed by atoms with Crippen LogP contribution in [0.2, 0.25) is 0 Å². The summed E-state index contributed by atoms with van der Waals surface area (Å²) in [4.78, 5) is 15.3. The second-order valence-electron chi connectivity index (χ2n) is 10.5. The normalized spacial score (nSPS) is 16.0. The Labute approximate surface area is 242 Å². The molecule has 5 rings (SSSR count). The van der Waals surface area contributed by atoms with Gasteiger partial charge in [-0.25, -0.2) is 0 Å². The van der Waals surface area contributed by atoms with Gasteiger partial charge in [-0.3, -0.25) is 14.5 Å². The van der Waals surface area contributed by atoms with Gasteiger partial charge in [-0.15, -0.1) is 5.53 Å². The number of carbonyl (C=O) groups is 1. The van der Waals surface area contributed by atoms with E-state index < -0.39 is 17.6 Å². The molecule has 42 heavy (non-hydrogen) atoms. The maximum absolute atomic E-state index is 14.0. The van der Waals surface area contributed by atoms with E-state index in [-0.39, 0.29) is 17.0 Å². The zero-order chi connectivity index (χ0) is 30.2. The van der Waals surface area contributed by atoms with E-state index in [0.717, 1.165) is 47.5 Å². The number of rotatable bonds is 7. The second kappa shape index (κ2) is 11.6. The highest BCUT2D eigenvalue weighted by Gasteiger charge is 2.34. The zero-order valence-corrected chi connectivity index (χ0v) is 24.2. The summed E-state index contributed by atoms with van der Waals surface area (Å²) in [6.07, 6.45) is 0.564. The highest BCUT2D eigenvalue weighted by Crippen LogP contribution is 2.43. The molecule has 0 radical (unpaired) electrons. The van der Waals surface area contributed by atoms with Gasteiger partial charge < -0.3 is 25.7 Å². The first kappa shape index (κ1) is 29.3. The number of methoxy groups -OCH3 is 1. The van der Waals surface area contributed by atoms with Crippen molar-refractivity contribution in [1.29, 1.82) is 0 Å². The largest absolute Gasteiger partial charge is 0.492 e. The number of aromatic nitrogens is 2. The fraction of sp³-hybridized carbons (Fsp3) is 0.379. The van der Waals surface area contributed by atoms with E-state index in [4.69, 9.17) is 4.74 Å². The maximum atomic E-state index is 14.0. The highest BCUT2D eigenvalue weighted by atomic mass is 19.4. The Bertz CT molecular complexity index is 1510. The van der Waals surface area contributed by atoms with Crippen LogP contribution < -0.4 is 36.2 Å². The first-order valence-corrected chi connectivity index (χ1v) is 13.6. The number of nitrogens with zero attached hydrogens (tertiary/aromatic N) is 4. The van der Waals surface area contributed by atoms with E-state index in [1.807, 2.05) is 39.0 Å². The number of nitrogens with one attached hydrogen (secondary N) is 4. The first-order valence-electron chi connectivity index (χ1n) is 13.6. The molecule has 0 aliphatic carbocycles. The summed E-state index contributed by atoms with van der Waals surface area (Å²) < 4.78 is 49.3. The van der Waals surface area contributed by atoms with E-state index in [1.165, 1.54) is 7.11 Å². The lowest BCUT2D eigenvalue weighted by Gasteiger charge is -2.35. The van der Waals surface area contributed by atoms with Crippen molar-refractivity contribution in [3.05, 3.63) is 70.7 Å². The number of amides is 1. The number of hydrogen-bond donors (Lipinski definition) is 4. The lowest BCUT2D eigenvalue weighted by molar-refractivity contribution is -0.137. The van der Waals surface area contributed by atoms with E-state index >= 15 is 0 Å². The van der Waals surface area contributed by atoms with Crippen molar-refractivity contribution >= 4 is 28.7 Å². The highest BCUT2D eigenvalue weighted by molar-refractivity contribution is 6.06. The average molecular weight is 585 g/mol. The quantitative estimate of drug-likeness (QED) is 0.326. The van der Waals surface area contributed by atoms with Crippen LogP contribution in [0.3, 0.4) is 0 Å². The maximum Gasteiger partial charge on any atom is 0.416 e. The summed E-state index contributed by atoms with van der Waals surface area (Å²) in [7, 11) is 5.13. The van der Waals surface area contributed by atoms with Gasteiger partial charge in [-0.05, 0) is 63.6 Å². The molecule has 2 aliphatic rings. The van der Waals surface area contributed by atoms with Crippen LogP contribution in [0.5, 0.6) is 5.75 Å². The van der Waals surface area contributed by atoms with Crippen LogP contribution >= 0.6 is 0 Å². The summed E-state index contributed by atoms with van der Waals surface area (Å²) in [6, 6.07) is 7.42. The van der Waals surface area contributed by atoms with Gasteiger partial charge >= 0.3 is 6.18 Å². The molecule has 0 atom stereocenters. The van der Waals surface area contributed by atoms with Crippen molar-refractivity contribution in [2.45, 2.75) is 38.9 Å². The third-order valence-electron chi connectivity index (χ3n) is 7.92. The van der Waals surface area contributed by atoms with Gasteiger partial charge in [0.15, 0.2) is 5.75 Å². The minimum absolute atomic E-state index is 0.0413. The monoisotopic (exact) mass is 584 g/mol. The van der Waals surface area contributed by atoms with Crippen LogP contribution in [0.4, 0.5) is 30.2 Å². The Morgan fingerprint density at radius 3 is 2.48 bits per heavy atom. The third kappa shape index (κ3) is 5.74. The fourth-order valence-corrected chi connectivity index (χ4v) is 5.28. The number of piperidine rings is 1. The van der Waals surface area contributed by atoms with Crippen molar-refractivity contribution in [1.82, 2.24) is 26.1 Å². The van der Waals surface area contributed by atoms with Crippen molar-refractivity contribution in [2.75, 3.05) is 42.5 Å². The van der Waals surface area contributed by atoms with E-state index in [1.54, 1.807) is 34.1 Å². The number of hydrazine groups is 2. The molecule has 0 unspecified atom stereocenters. The minimum atomic E-state index is -4.61. The molecule has 4 N–H and O–H groups in total. The van der Waals surface area contributed by atoms with Crippen LogP contribution in [0.25, 0.3) is 5.70 Å². The van der Waals surface area contributed by atoms with Gasteiger partial charge in [-0.2, -0.15) is 18.3 Å². The summed E-state index contributed by atoms with van der Waals surface area (Å²) in [5.74, 6) is -0.371. The molecular formula is C29H35F3N8O2. The number of hydrogen-bond acceptors (Lipinski definition) is 8. The van der Waals surface area contributed by atoms with Crippen molar-refractivity contribution in [3.8, 4) is 5.75 Å². The number of ether oxygens (including phenoxy) is 1. The Morgan fingerprint density at radius 1 is 1.12 bits per heavy atom. The van der Waals surface area contributed by atoms with Gasteiger partial charge in [0.2, 0.25) is 0 Å². The molecule has 1 amide bonds. The van der Waals surface area contributed by atoms with Crippen molar-refractivity contribution < 1.29 is 22.7 Å². The van der Waals surface area contributed by atoms with Crippen LogP contribution in [0, 0.1) is 13.8 Å². The van der Waals surface area contributed by atoms with Crippen LogP contribution in [-0.4, -0.2) is 49.0 Å². The first-order chi connectivity index (χ1) is 20.0. The summed E-state index contributed by atoms with van der Waals surface area (Å²) in [5, 5.41) is 11.9. The molecule has 1 fully saturated rings. The summed E-state index contributed by atoms with van der Waals surface area (Å²) >= 11 is 0. The number of aryl methyl sites for hydroxylation is 2. The fourth-order valence-electron chi connectivity index (χ4n) is 5.28. The van der Waals surface area contributed by atoms with E-state index in [9.17, 15) is 18.0 Å². The number of benzene rings is 2. The Kier molecular flexibility index (Phi) is 8.06. The van der Waals surface area contributed by atoms with Crippen LogP contribution in [-0.2, 0) is 13.2 Å². The Morgan fingerprint density at radius 2 is 1.86 bits per heavy atom. The van der Waals surface area contributed by atoms with Crippen molar-refractivity contribution in [2.24, 2.45) is 7.05 Å². The Balaban J connectivity index is 1.44. The van der Waals surface area contributed by atoms with Crippen LogP contribution in [0.1, 0.15) is 45.6 Å². The van der Waals surface area contributed by atoms with Gasteiger partial charge in [-0.1, -0.05) is 6.07 Å².